The molecule has 0 saturated carbocycles. The van der Waals surface area contributed by atoms with E-state index in [1.807, 2.05) is 13.0 Å². The van der Waals surface area contributed by atoms with Crippen LogP contribution in [-0.2, 0) is 14.3 Å². The number of hydrogen-bond acceptors (Lipinski definition) is 6. The van der Waals surface area contributed by atoms with Gasteiger partial charge in [0.1, 0.15) is 29.5 Å². The van der Waals surface area contributed by atoms with Gasteiger partial charge in [0, 0.05) is 44.8 Å². The fourth-order valence-electron chi connectivity index (χ4n) is 3.18. The number of methoxy groups -OCH3 is 1. The Morgan fingerprint density at radius 3 is 2.62 bits per heavy atom. The average molecular weight is 441 g/mol. The summed E-state index contributed by atoms with van der Waals surface area (Å²) in [5.41, 5.74) is 1.07. The third kappa shape index (κ3) is 6.21. The number of rotatable bonds is 9. The summed E-state index contributed by atoms with van der Waals surface area (Å²) in [6.07, 6.45) is 4.82. The van der Waals surface area contributed by atoms with Crippen LogP contribution in [0.2, 0.25) is 0 Å². The molecule has 1 heterocycles. The predicted molar refractivity (Wildman–Crippen MR) is 119 cm³/mol. The molecule has 1 aliphatic rings. The van der Waals surface area contributed by atoms with Gasteiger partial charge in [0.2, 0.25) is 0 Å². The molecule has 2 aromatic rings. The Hall–Kier alpha value is -3.59. The zero-order valence-electron chi connectivity index (χ0n) is 18.6. The van der Waals surface area contributed by atoms with Crippen LogP contribution >= 0.6 is 0 Å². The lowest BCUT2D eigenvalue weighted by Gasteiger charge is -2.24. The molecule has 9 nitrogen and oxygen atoms in total. The molecule has 2 amide bonds. The Bertz CT molecular complexity index is 980. The van der Waals surface area contributed by atoms with Crippen molar-refractivity contribution >= 4 is 17.6 Å². The first-order valence-electron chi connectivity index (χ1n) is 10.2. The van der Waals surface area contributed by atoms with Crippen LogP contribution in [0.1, 0.15) is 23.7 Å². The van der Waals surface area contributed by atoms with Crippen LogP contribution in [0, 0.1) is 0 Å². The van der Waals surface area contributed by atoms with Crippen molar-refractivity contribution in [3.8, 4) is 5.75 Å². The maximum Gasteiger partial charge on any atom is 0.253 e. The fraction of sp³-hybridized carbons (Fsp3) is 0.348. The number of hydrogen-bond donors (Lipinski definition) is 2. The molecule has 0 fully saturated rings. The van der Waals surface area contributed by atoms with E-state index in [0.29, 0.717) is 41.5 Å². The van der Waals surface area contributed by atoms with E-state index in [9.17, 15) is 9.59 Å². The number of amides is 2. The second-order valence-corrected chi connectivity index (χ2v) is 7.63. The van der Waals surface area contributed by atoms with Gasteiger partial charge in [-0.05, 0) is 43.3 Å². The van der Waals surface area contributed by atoms with Gasteiger partial charge in [-0.2, -0.15) is 5.10 Å². The molecule has 0 aliphatic heterocycles. The molecule has 1 aromatic heterocycles. The Kier molecular flexibility index (Phi) is 7.67. The van der Waals surface area contributed by atoms with Crippen molar-refractivity contribution in [2.45, 2.75) is 25.6 Å². The standard InChI is InChI=1S/C23H28N4O5/c1-15(14-30-4)31-19-11-17(22(28)25-21-9-10-24-26-21)12-20(13-19)32-18-7-5-16(6-8-18)23(29)27(2)3/h5-11,13,15,20H,12,14H2,1-4H3,(H2,24,25,26,28). The molecule has 3 rings (SSSR count). The van der Waals surface area contributed by atoms with Crippen LogP contribution < -0.4 is 10.1 Å². The van der Waals surface area contributed by atoms with Gasteiger partial charge in [0.05, 0.1) is 12.8 Å². The lowest BCUT2D eigenvalue weighted by molar-refractivity contribution is -0.113. The number of aromatic nitrogens is 2. The topological polar surface area (TPSA) is 106 Å². The number of nitrogens with one attached hydrogen (secondary N) is 2. The van der Waals surface area contributed by atoms with E-state index < -0.39 is 6.10 Å². The normalized spacial score (nSPS) is 16.4. The molecule has 32 heavy (non-hydrogen) atoms. The first kappa shape index (κ1) is 23.1. The highest BCUT2D eigenvalue weighted by Crippen LogP contribution is 2.25. The molecule has 9 heteroatoms. The van der Waals surface area contributed by atoms with Gasteiger partial charge in [-0.15, -0.1) is 0 Å². The Morgan fingerprint density at radius 1 is 1.25 bits per heavy atom. The zero-order chi connectivity index (χ0) is 23.1. The quantitative estimate of drug-likeness (QED) is 0.621. The monoisotopic (exact) mass is 440 g/mol. The molecular weight excluding hydrogens is 412 g/mol. The number of nitrogens with zero attached hydrogens (tertiary/aromatic N) is 2. The molecule has 0 saturated heterocycles. The zero-order valence-corrected chi connectivity index (χ0v) is 18.6. The summed E-state index contributed by atoms with van der Waals surface area (Å²) in [5.74, 6) is 1.25. The summed E-state index contributed by atoms with van der Waals surface area (Å²) in [6, 6.07) is 8.57. The van der Waals surface area contributed by atoms with Gasteiger partial charge in [0.15, 0.2) is 0 Å². The van der Waals surface area contributed by atoms with Crippen molar-refractivity contribution in [3.63, 3.8) is 0 Å². The van der Waals surface area contributed by atoms with Crippen molar-refractivity contribution < 1.29 is 23.8 Å². The molecule has 2 N–H and O–H groups in total. The number of aromatic amines is 1. The van der Waals surface area contributed by atoms with Crippen molar-refractivity contribution in [1.29, 1.82) is 0 Å². The minimum absolute atomic E-state index is 0.0855. The lowest BCUT2D eigenvalue weighted by Crippen LogP contribution is -2.26. The summed E-state index contributed by atoms with van der Waals surface area (Å²) < 4.78 is 17.1. The summed E-state index contributed by atoms with van der Waals surface area (Å²) >= 11 is 0. The SMILES string of the molecule is COCC(C)OC1=CC(Oc2ccc(C(=O)N(C)C)cc2)CC(C(=O)Nc2ccn[nH]2)=C1. The number of allylic oxidation sites excluding steroid dienone is 1. The molecule has 0 radical (unpaired) electrons. The molecular formula is C23H28N4O5. The number of H-pyrrole nitrogens is 1. The first-order valence-corrected chi connectivity index (χ1v) is 10.2. The van der Waals surface area contributed by atoms with Gasteiger partial charge in [-0.1, -0.05) is 0 Å². The third-order valence-electron chi connectivity index (χ3n) is 4.66. The van der Waals surface area contributed by atoms with Gasteiger partial charge in [-0.3, -0.25) is 14.7 Å². The van der Waals surface area contributed by atoms with Crippen LogP contribution in [0.5, 0.6) is 5.75 Å². The van der Waals surface area contributed by atoms with Crippen LogP contribution in [-0.4, -0.2) is 66.9 Å². The van der Waals surface area contributed by atoms with Crippen molar-refractivity contribution in [1.82, 2.24) is 15.1 Å². The highest BCUT2D eigenvalue weighted by molar-refractivity contribution is 6.03. The average Bonchev–Trinajstić information content (AvgIpc) is 3.26. The number of carbonyl (C=O) groups excluding carboxylic acids is 2. The van der Waals surface area contributed by atoms with Crippen LogP contribution in [0.3, 0.4) is 0 Å². The summed E-state index contributed by atoms with van der Waals surface area (Å²) in [7, 11) is 5.01. The fourth-order valence-corrected chi connectivity index (χ4v) is 3.18. The summed E-state index contributed by atoms with van der Waals surface area (Å²) in [6.45, 7) is 2.29. The maximum atomic E-state index is 12.8. The van der Waals surface area contributed by atoms with E-state index in [2.05, 4.69) is 15.5 Å². The number of ether oxygens (including phenoxy) is 3. The smallest absolute Gasteiger partial charge is 0.253 e. The highest BCUT2D eigenvalue weighted by Gasteiger charge is 2.24. The Morgan fingerprint density at radius 2 is 2.00 bits per heavy atom. The maximum absolute atomic E-state index is 12.8. The second kappa shape index (κ2) is 10.6. The third-order valence-corrected chi connectivity index (χ3v) is 4.66. The first-order chi connectivity index (χ1) is 15.4. The minimum atomic E-state index is -0.428. The molecule has 1 aromatic carbocycles. The number of benzene rings is 1. The number of anilines is 1. The number of carbonyl (C=O) groups is 2. The minimum Gasteiger partial charge on any atom is -0.489 e. The van der Waals surface area contributed by atoms with Crippen LogP contribution in [0.25, 0.3) is 0 Å². The van der Waals surface area contributed by atoms with Crippen LogP contribution in [0.4, 0.5) is 5.82 Å². The lowest BCUT2D eigenvalue weighted by atomic mass is 10.0. The molecule has 0 spiro atoms. The Balaban J connectivity index is 1.75. The van der Waals surface area contributed by atoms with E-state index in [1.54, 1.807) is 63.8 Å². The summed E-state index contributed by atoms with van der Waals surface area (Å²) in [5, 5.41) is 9.32. The molecule has 170 valence electrons. The van der Waals surface area contributed by atoms with Crippen molar-refractivity contribution in [2.75, 3.05) is 33.1 Å². The van der Waals surface area contributed by atoms with Gasteiger partial charge in [-0.25, -0.2) is 0 Å². The summed E-state index contributed by atoms with van der Waals surface area (Å²) in [4.78, 5) is 26.4. The molecule has 1 aliphatic carbocycles. The van der Waals surface area contributed by atoms with E-state index in [0.717, 1.165) is 0 Å². The Labute approximate surface area is 187 Å². The second-order valence-electron chi connectivity index (χ2n) is 7.63. The highest BCUT2D eigenvalue weighted by atomic mass is 16.5. The van der Waals surface area contributed by atoms with E-state index >= 15 is 0 Å². The van der Waals surface area contributed by atoms with Gasteiger partial charge in [0.25, 0.3) is 11.8 Å². The van der Waals surface area contributed by atoms with Gasteiger partial charge >= 0.3 is 0 Å². The molecule has 2 unspecified atom stereocenters. The van der Waals surface area contributed by atoms with E-state index in [1.165, 1.54) is 4.90 Å². The van der Waals surface area contributed by atoms with Crippen molar-refractivity contribution in [2.24, 2.45) is 0 Å². The van der Waals surface area contributed by atoms with Crippen molar-refractivity contribution in [3.05, 3.63) is 65.6 Å². The predicted octanol–water partition coefficient (Wildman–Crippen LogP) is 2.76. The van der Waals surface area contributed by atoms with E-state index in [4.69, 9.17) is 14.2 Å². The molecule has 2 atom stereocenters. The molecule has 0 bridgehead atoms. The van der Waals surface area contributed by atoms with Gasteiger partial charge < -0.3 is 24.4 Å². The van der Waals surface area contributed by atoms with Crippen LogP contribution in [0.15, 0.2) is 60.0 Å². The largest absolute Gasteiger partial charge is 0.489 e. The van der Waals surface area contributed by atoms with E-state index in [-0.39, 0.29) is 17.9 Å².